The van der Waals surface area contributed by atoms with E-state index in [-0.39, 0.29) is 11.9 Å². The zero-order valence-corrected chi connectivity index (χ0v) is 13.9. The highest BCUT2D eigenvalue weighted by Gasteiger charge is 2.30. The van der Waals surface area contributed by atoms with Gasteiger partial charge < -0.3 is 4.90 Å². The summed E-state index contributed by atoms with van der Waals surface area (Å²) < 4.78 is 1.77. The van der Waals surface area contributed by atoms with E-state index in [1.807, 2.05) is 41.3 Å². The molecule has 1 unspecified atom stereocenters. The number of aromatic nitrogens is 3. The first kappa shape index (κ1) is 15.1. The third kappa shape index (κ3) is 2.76. The zero-order chi connectivity index (χ0) is 16.5. The molecule has 1 amide bonds. The molecule has 0 bridgehead atoms. The SMILES string of the molecule is O=C(c1ccc2nncn2c1)N1CCCC1Cc1ccccc1Cl. The molecule has 3 aromatic rings. The lowest BCUT2D eigenvalue weighted by Gasteiger charge is -2.25. The first-order valence-corrected chi connectivity index (χ1v) is 8.44. The van der Waals surface area contributed by atoms with Crippen LogP contribution in [0.5, 0.6) is 0 Å². The highest BCUT2D eigenvalue weighted by molar-refractivity contribution is 6.31. The first-order chi connectivity index (χ1) is 11.7. The Labute approximate surface area is 144 Å². The van der Waals surface area contributed by atoms with Gasteiger partial charge in [-0.1, -0.05) is 29.8 Å². The van der Waals surface area contributed by atoms with E-state index >= 15 is 0 Å². The Morgan fingerprint density at radius 1 is 1.25 bits per heavy atom. The summed E-state index contributed by atoms with van der Waals surface area (Å²) in [6, 6.07) is 11.7. The zero-order valence-electron chi connectivity index (χ0n) is 13.1. The summed E-state index contributed by atoms with van der Waals surface area (Å²) in [5, 5.41) is 8.59. The largest absolute Gasteiger partial charge is 0.335 e. The molecule has 5 nitrogen and oxygen atoms in total. The van der Waals surface area contributed by atoms with E-state index in [9.17, 15) is 4.79 Å². The van der Waals surface area contributed by atoms with Gasteiger partial charge in [0.1, 0.15) is 6.33 Å². The van der Waals surface area contributed by atoms with Gasteiger partial charge in [-0.05, 0) is 43.0 Å². The average Bonchev–Trinajstić information content (AvgIpc) is 3.24. The van der Waals surface area contributed by atoms with E-state index in [0.29, 0.717) is 5.56 Å². The molecule has 24 heavy (non-hydrogen) atoms. The van der Waals surface area contributed by atoms with E-state index in [2.05, 4.69) is 10.2 Å². The summed E-state index contributed by atoms with van der Waals surface area (Å²) in [4.78, 5) is 14.9. The lowest BCUT2D eigenvalue weighted by molar-refractivity contribution is 0.0736. The molecule has 0 N–H and O–H groups in total. The summed E-state index contributed by atoms with van der Waals surface area (Å²) in [5.74, 6) is 0.0557. The molecule has 1 aliphatic heterocycles. The fraction of sp³-hybridized carbons (Fsp3) is 0.278. The predicted molar refractivity (Wildman–Crippen MR) is 92.2 cm³/mol. The number of carbonyl (C=O) groups excluding carboxylic acids is 1. The van der Waals surface area contributed by atoms with Crippen molar-refractivity contribution in [3.63, 3.8) is 0 Å². The molecule has 1 aromatic carbocycles. The summed E-state index contributed by atoms with van der Waals surface area (Å²) in [7, 11) is 0. The van der Waals surface area contributed by atoms with Crippen LogP contribution in [0.2, 0.25) is 5.02 Å². The number of hydrogen-bond donors (Lipinski definition) is 0. The fourth-order valence-corrected chi connectivity index (χ4v) is 3.57. The molecule has 0 saturated carbocycles. The molecular weight excluding hydrogens is 324 g/mol. The van der Waals surface area contributed by atoms with E-state index in [1.165, 1.54) is 0 Å². The van der Waals surface area contributed by atoms with Crippen LogP contribution in [0.1, 0.15) is 28.8 Å². The van der Waals surface area contributed by atoms with Crippen LogP contribution in [-0.4, -0.2) is 38.0 Å². The lowest BCUT2D eigenvalue weighted by atomic mass is 10.0. The number of hydrogen-bond acceptors (Lipinski definition) is 3. The number of likely N-dealkylation sites (tertiary alicyclic amines) is 1. The third-order valence-electron chi connectivity index (χ3n) is 4.59. The number of nitrogens with zero attached hydrogens (tertiary/aromatic N) is 4. The second kappa shape index (κ2) is 6.24. The molecule has 6 heteroatoms. The summed E-state index contributed by atoms with van der Waals surface area (Å²) >= 11 is 6.28. The first-order valence-electron chi connectivity index (χ1n) is 8.06. The number of rotatable bonds is 3. The molecular formula is C18H17ClN4O. The van der Waals surface area contributed by atoms with Crippen LogP contribution in [-0.2, 0) is 6.42 Å². The average molecular weight is 341 g/mol. The van der Waals surface area contributed by atoms with Crippen molar-refractivity contribution in [3.8, 4) is 0 Å². The standard InChI is InChI=1S/C18H17ClN4O/c19-16-6-2-1-4-13(16)10-15-5-3-9-23(15)18(24)14-7-8-17-21-20-12-22(17)11-14/h1-2,4,6-8,11-12,15H,3,5,9-10H2. The van der Waals surface area contributed by atoms with Crippen molar-refractivity contribution in [1.29, 1.82) is 0 Å². The Balaban J connectivity index is 1.57. The number of benzene rings is 1. The van der Waals surface area contributed by atoms with Crippen molar-refractivity contribution in [2.24, 2.45) is 0 Å². The Hall–Kier alpha value is -2.40. The van der Waals surface area contributed by atoms with Gasteiger partial charge in [-0.2, -0.15) is 0 Å². The quantitative estimate of drug-likeness (QED) is 0.735. The molecule has 1 fully saturated rings. The van der Waals surface area contributed by atoms with Crippen LogP contribution in [0.4, 0.5) is 0 Å². The van der Waals surface area contributed by atoms with E-state index in [1.54, 1.807) is 16.9 Å². The molecule has 1 atom stereocenters. The Kier molecular flexibility index (Phi) is 3.94. The van der Waals surface area contributed by atoms with Gasteiger partial charge in [0.25, 0.3) is 5.91 Å². The Bertz CT molecular complexity index is 891. The van der Waals surface area contributed by atoms with Crippen LogP contribution in [0.25, 0.3) is 5.65 Å². The van der Waals surface area contributed by atoms with Crippen molar-refractivity contribution >= 4 is 23.2 Å². The van der Waals surface area contributed by atoms with Gasteiger partial charge >= 0.3 is 0 Å². The summed E-state index contributed by atoms with van der Waals surface area (Å²) in [6.07, 6.45) is 6.22. The van der Waals surface area contributed by atoms with Gasteiger partial charge in [-0.25, -0.2) is 0 Å². The van der Waals surface area contributed by atoms with Crippen molar-refractivity contribution in [2.75, 3.05) is 6.54 Å². The van der Waals surface area contributed by atoms with Crippen LogP contribution in [0.15, 0.2) is 48.9 Å². The molecule has 2 aromatic heterocycles. The maximum Gasteiger partial charge on any atom is 0.255 e. The van der Waals surface area contributed by atoms with Crippen molar-refractivity contribution in [2.45, 2.75) is 25.3 Å². The molecule has 0 spiro atoms. The van der Waals surface area contributed by atoms with Crippen LogP contribution in [0, 0.1) is 0 Å². The molecule has 122 valence electrons. The smallest absolute Gasteiger partial charge is 0.255 e. The topological polar surface area (TPSA) is 50.5 Å². The molecule has 0 radical (unpaired) electrons. The summed E-state index contributed by atoms with van der Waals surface area (Å²) in [5.41, 5.74) is 2.49. The molecule has 1 aliphatic rings. The minimum atomic E-state index is 0.0557. The van der Waals surface area contributed by atoms with Crippen LogP contribution >= 0.6 is 11.6 Å². The van der Waals surface area contributed by atoms with Gasteiger partial charge in [0.2, 0.25) is 0 Å². The Morgan fingerprint density at radius 3 is 3.00 bits per heavy atom. The number of amides is 1. The fourth-order valence-electron chi connectivity index (χ4n) is 3.35. The number of carbonyl (C=O) groups is 1. The molecule has 1 saturated heterocycles. The molecule has 4 rings (SSSR count). The number of halogens is 1. The third-order valence-corrected chi connectivity index (χ3v) is 4.96. The maximum atomic E-state index is 12.9. The van der Waals surface area contributed by atoms with Gasteiger partial charge in [-0.3, -0.25) is 9.20 Å². The van der Waals surface area contributed by atoms with Crippen LogP contribution in [0.3, 0.4) is 0 Å². The van der Waals surface area contributed by atoms with Gasteiger partial charge in [0.15, 0.2) is 5.65 Å². The summed E-state index contributed by atoms with van der Waals surface area (Å²) in [6.45, 7) is 0.786. The lowest BCUT2D eigenvalue weighted by Crippen LogP contribution is -2.37. The molecule has 0 aliphatic carbocycles. The normalized spacial score (nSPS) is 17.5. The monoisotopic (exact) mass is 340 g/mol. The second-order valence-electron chi connectivity index (χ2n) is 6.10. The second-order valence-corrected chi connectivity index (χ2v) is 6.51. The van der Waals surface area contributed by atoms with E-state index in [4.69, 9.17) is 11.6 Å². The maximum absolute atomic E-state index is 12.9. The van der Waals surface area contributed by atoms with Crippen molar-refractivity contribution < 1.29 is 4.79 Å². The van der Waals surface area contributed by atoms with Gasteiger partial charge in [0, 0.05) is 23.8 Å². The van der Waals surface area contributed by atoms with Crippen LogP contribution < -0.4 is 0 Å². The number of pyridine rings is 1. The van der Waals surface area contributed by atoms with Crippen molar-refractivity contribution in [3.05, 3.63) is 65.1 Å². The minimum absolute atomic E-state index is 0.0557. The minimum Gasteiger partial charge on any atom is -0.335 e. The highest BCUT2D eigenvalue weighted by Crippen LogP contribution is 2.26. The van der Waals surface area contributed by atoms with Gasteiger partial charge in [0.05, 0.1) is 5.56 Å². The van der Waals surface area contributed by atoms with Crippen molar-refractivity contribution in [1.82, 2.24) is 19.5 Å². The Morgan fingerprint density at radius 2 is 2.12 bits per heavy atom. The van der Waals surface area contributed by atoms with E-state index in [0.717, 1.165) is 42.0 Å². The van der Waals surface area contributed by atoms with Gasteiger partial charge in [-0.15, -0.1) is 10.2 Å². The molecule has 3 heterocycles. The van der Waals surface area contributed by atoms with E-state index < -0.39 is 0 Å². The highest BCUT2D eigenvalue weighted by atomic mass is 35.5. The number of fused-ring (bicyclic) bond motifs is 1. The predicted octanol–water partition coefficient (Wildman–Crippen LogP) is 3.23.